The Morgan fingerprint density at radius 1 is 1.29 bits per heavy atom. The van der Waals surface area contributed by atoms with Gasteiger partial charge < -0.3 is 19.8 Å². The van der Waals surface area contributed by atoms with E-state index in [0.29, 0.717) is 19.6 Å². The maximum absolute atomic E-state index is 10.6. The van der Waals surface area contributed by atoms with Crippen LogP contribution in [0.2, 0.25) is 0 Å². The van der Waals surface area contributed by atoms with Crippen molar-refractivity contribution >= 4 is 5.97 Å². The normalized spacial score (nSPS) is 11.3. The topological polar surface area (TPSA) is 77.8 Å². The summed E-state index contributed by atoms with van der Waals surface area (Å²) in [6.45, 7) is 4.32. The highest BCUT2D eigenvalue weighted by Crippen LogP contribution is 2.06. The zero-order valence-electron chi connectivity index (χ0n) is 8.22. The van der Waals surface area contributed by atoms with Gasteiger partial charge in [-0.25, -0.2) is 4.79 Å². The first kappa shape index (κ1) is 13.1. The van der Waals surface area contributed by atoms with Crippen LogP contribution >= 0.6 is 0 Å². The number of rotatable bonds is 8. The minimum atomic E-state index is -0.936. The van der Waals surface area contributed by atoms with Crippen molar-refractivity contribution in [2.45, 2.75) is 0 Å². The van der Waals surface area contributed by atoms with Crippen LogP contribution in [0.15, 0.2) is 12.7 Å². The number of nitrogens with zero attached hydrogens (tertiary/aromatic N) is 1. The van der Waals surface area contributed by atoms with Gasteiger partial charge in [-0.05, 0) is 6.08 Å². The molecular weight excluding hydrogens is 186 g/mol. The quantitative estimate of drug-likeness (QED) is 0.352. The van der Waals surface area contributed by atoms with Gasteiger partial charge in [0, 0.05) is 0 Å². The number of carboxylic acid groups (broad SMARTS) is 1. The zero-order valence-corrected chi connectivity index (χ0v) is 8.22. The first-order valence-electron chi connectivity index (χ1n) is 4.50. The van der Waals surface area contributed by atoms with Crippen molar-refractivity contribution in [2.75, 3.05) is 39.4 Å². The lowest BCUT2D eigenvalue weighted by atomic mass is 10.3. The Kier molecular flexibility index (Phi) is 6.11. The molecule has 0 aliphatic rings. The van der Waals surface area contributed by atoms with Crippen molar-refractivity contribution in [3.8, 4) is 0 Å². The number of hydrogen-bond acceptors (Lipinski definition) is 3. The van der Waals surface area contributed by atoms with Gasteiger partial charge in [0.15, 0.2) is 6.54 Å². The van der Waals surface area contributed by atoms with Crippen molar-refractivity contribution in [3.05, 3.63) is 12.7 Å². The number of carbonyl (C=O) groups is 1. The van der Waals surface area contributed by atoms with Crippen LogP contribution in [0.3, 0.4) is 0 Å². The molecular formula is C9H18NO4+. The number of quaternary nitrogens is 1. The van der Waals surface area contributed by atoms with Crippen LogP contribution in [0.1, 0.15) is 0 Å². The van der Waals surface area contributed by atoms with Crippen molar-refractivity contribution in [2.24, 2.45) is 0 Å². The van der Waals surface area contributed by atoms with Gasteiger partial charge in [-0.1, -0.05) is 6.58 Å². The maximum Gasteiger partial charge on any atom is 0.359 e. The molecule has 14 heavy (non-hydrogen) atoms. The van der Waals surface area contributed by atoms with Gasteiger partial charge in [0.05, 0.1) is 19.8 Å². The van der Waals surface area contributed by atoms with Crippen LogP contribution in [0.4, 0.5) is 0 Å². The van der Waals surface area contributed by atoms with Gasteiger partial charge in [0.25, 0.3) is 0 Å². The third-order valence-corrected chi connectivity index (χ3v) is 2.14. The summed E-state index contributed by atoms with van der Waals surface area (Å²) < 4.78 is 0.145. The molecule has 0 aromatic rings. The SMILES string of the molecule is C=CC[N+](CCO)(CCO)CC(=O)O. The van der Waals surface area contributed by atoms with Gasteiger partial charge in [0.1, 0.15) is 13.1 Å². The van der Waals surface area contributed by atoms with Crippen molar-refractivity contribution in [3.63, 3.8) is 0 Å². The highest BCUT2D eigenvalue weighted by molar-refractivity contribution is 5.67. The van der Waals surface area contributed by atoms with E-state index >= 15 is 0 Å². The average molecular weight is 204 g/mol. The minimum absolute atomic E-state index is 0.0961. The highest BCUT2D eigenvalue weighted by atomic mass is 16.4. The predicted octanol–water partition coefficient (Wildman–Crippen LogP) is -0.942. The van der Waals surface area contributed by atoms with E-state index in [9.17, 15) is 4.79 Å². The van der Waals surface area contributed by atoms with Crippen LogP contribution in [-0.4, -0.2) is 65.2 Å². The second-order valence-corrected chi connectivity index (χ2v) is 3.26. The van der Waals surface area contributed by atoms with Crippen molar-refractivity contribution in [1.29, 1.82) is 0 Å². The molecule has 82 valence electrons. The number of hydrogen-bond donors (Lipinski definition) is 3. The molecule has 0 aromatic heterocycles. The van der Waals surface area contributed by atoms with E-state index in [2.05, 4.69) is 6.58 Å². The lowest BCUT2D eigenvalue weighted by Gasteiger charge is -2.35. The van der Waals surface area contributed by atoms with E-state index in [1.807, 2.05) is 0 Å². The summed E-state index contributed by atoms with van der Waals surface area (Å²) in [5, 5.41) is 26.4. The standard InChI is InChI=1S/C9H17NO4/c1-2-3-10(4-6-11,5-7-12)8-9(13)14/h2,11-12H,1,3-8H2/p+1. The Labute approximate surface area is 83.5 Å². The molecule has 0 bridgehead atoms. The molecule has 0 atom stereocenters. The number of aliphatic carboxylic acids is 1. The molecule has 0 saturated carbocycles. The van der Waals surface area contributed by atoms with Gasteiger partial charge in [-0.2, -0.15) is 0 Å². The Morgan fingerprint density at radius 2 is 1.79 bits per heavy atom. The molecule has 0 saturated heterocycles. The van der Waals surface area contributed by atoms with Crippen LogP contribution in [0.5, 0.6) is 0 Å². The van der Waals surface area contributed by atoms with Gasteiger partial charge in [-0.3, -0.25) is 0 Å². The van der Waals surface area contributed by atoms with Crippen LogP contribution in [0.25, 0.3) is 0 Å². The largest absolute Gasteiger partial charge is 0.477 e. The van der Waals surface area contributed by atoms with Crippen molar-refractivity contribution < 1.29 is 24.6 Å². The van der Waals surface area contributed by atoms with E-state index in [4.69, 9.17) is 15.3 Å². The monoisotopic (exact) mass is 204 g/mol. The summed E-state index contributed by atoms with van der Waals surface area (Å²) in [5.74, 6) is -0.936. The molecule has 0 heterocycles. The fraction of sp³-hybridized carbons (Fsp3) is 0.667. The molecule has 3 N–H and O–H groups in total. The fourth-order valence-electron chi connectivity index (χ4n) is 1.50. The van der Waals surface area contributed by atoms with Crippen LogP contribution < -0.4 is 0 Å². The lowest BCUT2D eigenvalue weighted by molar-refractivity contribution is -0.916. The molecule has 0 aliphatic carbocycles. The highest BCUT2D eigenvalue weighted by Gasteiger charge is 2.27. The Bertz CT molecular complexity index is 187. The van der Waals surface area contributed by atoms with E-state index in [1.54, 1.807) is 6.08 Å². The molecule has 0 radical (unpaired) electrons. The van der Waals surface area contributed by atoms with E-state index in [1.165, 1.54) is 0 Å². The molecule has 0 rings (SSSR count). The molecule has 0 unspecified atom stereocenters. The summed E-state index contributed by atoms with van der Waals surface area (Å²) in [6.07, 6.45) is 1.61. The van der Waals surface area contributed by atoms with E-state index in [0.717, 1.165) is 0 Å². The number of carboxylic acids is 1. The molecule has 5 heteroatoms. The van der Waals surface area contributed by atoms with Crippen LogP contribution in [-0.2, 0) is 4.79 Å². The van der Waals surface area contributed by atoms with Crippen molar-refractivity contribution in [1.82, 2.24) is 0 Å². The molecule has 5 nitrogen and oxygen atoms in total. The van der Waals surface area contributed by atoms with Gasteiger partial charge in [-0.15, -0.1) is 0 Å². The van der Waals surface area contributed by atoms with E-state index < -0.39 is 5.97 Å². The fourth-order valence-corrected chi connectivity index (χ4v) is 1.50. The molecule has 0 fully saturated rings. The van der Waals surface area contributed by atoms with E-state index in [-0.39, 0.29) is 24.2 Å². The van der Waals surface area contributed by atoms with Crippen LogP contribution in [0, 0.1) is 0 Å². The second-order valence-electron chi connectivity index (χ2n) is 3.26. The smallest absolute Gasteiger partial charge is 0.359 e. The summed E-state index contributed by atoms with van der Waals surface area (Å²) in [6, 6.07) is 0. The first-order valence-corrected chi connectivity index (χ1v) is 4.50. The number of aliphatic hydroxyl groups is 2. The molecule has 0 spiro atoms. The van der Waals surface area contributed by atoms with Gasteiger partial charge in [0.2, 0.25) is 0 Å². The summed E-state index contributed by atoms with van der Waals surface area (Å²) >= 11 is 0. The average Bonchev–Trinajstić information content (AvgIpc) is 2.03. The third-order valence-electron chi connectivity index (χ3n) is 2.14. The predicted molar refractivity (Wildman–Crippen MR) is 51.7 cm³/mol. The third kappa shape index (κ3) is 4.36. The lowest BCUT2D eigenvalue weighted by Crippen LogP contribution is -2.54. The molecule has 0 aliphatic heterocycles. The number of aliphatic hydroxyl groups excluding tert-OH is 2. The summed E-state index contributed by atoms with van der Waals surface area (Å²) in [7, 11) is 0. The minimum Gasteiger partial charge on any atom is -0.477 e. The maximum atomic E-state index is 10.6. The molecule has 0 amide bonds. The second kappa shape index (κ2) is 6.53. The Hall–Kier alpha value is -0.910. The first-order chi connectivity index (χ1) is 6.60. The Morgan fingerprint density at radius 3 is 2.07 bits per heavy atom. The zero-order chi connectivity index (χ0) is 11.0. The summed E-state index contributed by atoms with van der Waals surface area (Å²) in [5.41, 5.74) is 0. The Balaban J connectivity index is 4.52. The van der Waals surface area contributed by atoms with Gasteiger partial charge >= 0.3 is 5.97 Å². The molecule has 0 aromatic carbocycles. The summed E-state index contributed by atoms with van der Waals surface area (Å²) in [4.78, 5) is 10.6.